The van der Waals surface area contributed by atoms with Crippen LogP contribution in [0.5, 0.6) is 5.75 Å². The highest BCUT2D eigenvalue weighted by atomic mass is 32.2. The van der Waals surface area contributed by atoms with Crippen LogP contribution in [0.2, 0.25) is 0 Å². The first kappa shape index (κ1) is 23.0. The van der Waals surface area contributed by atoms with E-state index in [0.717, 1.165) is 6.07 Å². The molecule has 0 bridgehead atoms. The number of fused-ring (bicyclic) bond motifs is 2. The smallest absolute Gasteiger partial charge is 0.323 e. The summed E-state index contributed by atoms with van der Waals surface area (Å²) in [6, 6.07) is 18.7. The Labute approximate surface area is 202 Å². The number of aromatic amines is 2. The number of hydrogen-bond donors (Lipinski definition) is 5. The lowest BCUT2D eigenvalue weighted by atomic mass is 10.1. The SMILES string of the molecule is O=C(Nc1ccc2c(O)c(N=Nc3ccc4[nH]c(=O)[nH]c4c3)c(S(=O)(=O)O)cc2c1)c1ccccc1. The van der Waals surface area contributed by atoms with Crippen molar-refractivity contribution in [3.63, 3.8) is 0 Å². The Morgan fingerprint density at radius 1 is 0.889 bits per heavy atom. The number of carbonyl (C=O) groups is 1. The van der Waals surface area contributed by atoms with Crippen LogP contribution < -0.4 is 11.0 Å². The van der Waals surface area contributed by atoms with E-state index in [9.17, 15) is 27.7 Å². The van der Waals surface area contributed by atoms with Gasteiger partial charge in [-0.15, -0.1) is 5.11 Å². The summed E-state index contributed by atoms with van der Waals surface area (Å²) in [7, 11) is -4.82. The third-order valence-electron chi connectivity index (χ3n) is 5.39. The zero-order chi connectivity index (χ0) is 25.4. The molecule has 1 heterocycles. The van der Waals surface area contributed by atoms with Gasteiger partial charge >= 0.3 is 5.69 Å². The second kappa shape index (κ2) is 8.76. The number of anilines is 1. The molecule has 5 N–H and O–H groups in total. The van der Waals surface area contributed by atoms with E-state index in [-0.39, 0.29) is 22.4 Å². The number of amides is 1. The molecule has 4 aromatic carbocycles. The minimum absolute atomic E-state index is 0.222. The molecular formula is C24H17N5O6S. The van der Waals surface area contributed by atoms with Crippen molar-refractivity contribution in [1.29, 1.82) is 0 Å². The van der Waals surface area contributed by atoms with Crippen LogP contribution in [0.25, 0.3) is 21.8 Å². The predicted octanol–water partition coefficient (Wildman–Crippen LogP) is 4.63. The molecule has 1 aromatic heterocycles. The molecule has 36 heavy (non-hydrogen) atoms. The molecule has 180 valence electrons. The maximum atomic E-state index is 12.5. The van der Waals surface area contributed by atoms with Crippen molar-refractivity contribution >= 4 is 54.9 Å². The van der Waals surface area contributed by atoms with E-state index >= 15 is 0 Å². The van der Waals surface area contributed by atoms with Gasteiger partial charge in [-0.1, -0.05) is 18.2 Å². The molecule has 5 rings (SSSR count). The van der Waals surface area contributed by atoms with Crippen LogP contribution in [0.3, 0.4) is 0 Å². The molecule has 0 fully saturated rings. The minimum Gasteiger partial charge on any atom is -0.505 e. The van der Waals surface area contributed by atoms with Crippen molar-refractivity contribution < 1.29 is 22.9 Å². The Morgan fingerprint density at radius 2 is 1.64 bits per heavy atom. The summed E-state index contributed by atoms with van der Waals surface area (Å²) in [6.07, 6.45) is 0. The summed E-state index contributed by atoms with van der Waals surface area (Å²) in [5, 5.41) is 21.8. The van der Waals surface area contributed by atoms with Gasteiger partial charge in [0.25, 0.3) is 16.0 Å². The van der Waals surface area contributed by atoms with Gasteiger partial charge in [0.05, 0.1) is 16.7 Å². The van der Waals surface area contributed by atoms with Gasteiger partial charge in [-0.05, 0) is 60.0 Å². The Hall–Kier alpha value is -4.81. The standard InChI is InChI=1S/C24H17N5O6S/c30-22-17-8-6-15(25-23(31)13-4-2-1-3-5-13)10-14(17)11-20(36(33,34)35)21(22)29-28-16-7-9-18-19(12-16)27-24(32)26-18/h1-12,30H,(H,25,31)(H2,26,27,32)(H,33,34,35). The lowest BCUT2D eigenvalue weighted by Crippen LogP contribution is -2.11. The fourth-order valence-corrected chi connectivity index (χ4v) is 4.36. The summed E-state index contributed by atoms with van der Waals surface area (Å²) in [5.74, 6) is -0.902. The zero-order valence-electron chi connectivity index (χ0n) is 18.3. The molecule has 5 aromatic rings. The fraction of sp³-hybridized carbons (Fsp3) is 0. The van der Waals surface area contributed by atoms with E-state index in [1.165, 1.54) is 30.3 Å². The quantitative estimate of drug-likeness (QED) is 0.172. The number of phenolic OH excluding ortho intramolecular Hbond substituents is 1. The molecule has 0 unspecified atom stereocenters. The molecule has 0 saturated heterocycles. The summed E-state index contributed by atoms with van der Waals surface area (Å²) >= 11 is 0. The number of hydrogen-bond acceptors (Lipinski definition) is 7. The van der Waals surface area contributed by atoms with Gasteiger partial charge in [-0.25, -0.2) is 4.79 Å². The molecule has 0 radical (unpaired) electrons. The largest absolute Gasteiger partial charge is 0.505 e. The first-order valence-corrected chi connectivity index (χ1v) is 11.9. The van der Waals surface area contributed by atoms with Crippen LogP contribution in [-0.2, 0) is 10.1 Å². The molecule has 0 atom stereocenters. The van der Waals surface area contributed by atoms with E-state index in [1.807, 2.05) is 0 Å². The first-order valence-electron chi connectivity index (χ1n) is 10.5. The molecule has 0 aliphatic carbocycles. The molecule has 0 aliphatic rings. The summed E-state index contributed by atoms with van der Waals surface area (Å²) in [5.41, 5.74) is 1.17. The number of imidazole rings is 1. The summed E-state index contributed by atoms with van der Waals surface area (Å²) in [4.78, 5) is 28.4. The maximum Gasteiger partial charge on any atom is 0.323 e. The average Bonchev–Trinajstić information content (AvgIpc) is 3.22. The third-order valence-corrected chi connectivity index (χ3v) is 6.25. The molecule has 0 saturated carbocycles. The summed E-state index contributed by atoms with van der Waals surface area (Å²) < 4.78 is 34.0. The number of nitrogens with one attached hydrogen (secondary N) is 3. The molecule has 12 heteroatoms. The molecule has 0 spiro atoms. The van der Waals surface area contributed by atoms with Crippen LogP contribution in [0.15, 0.2) is 92.7 Å². The zero-order valence-corrected chi connectivity index (χ0v) is 19.1. The molecule has 11 nitrogen and oxygen atoms in total. The average molecular weight is 503 g/mol. The number of nitrogens with zero attached hydrogens (tertiary/aromatic N) is 2. The number of azo groups is 1. The van der Waals surface area contributed by atoms with Crippen molar-refractivity contribution in [3.8, 4) is 5.75 Å². The first-order chi connectivity index (χ1) is 17.2. The van der Waals surface area contributed by atoms with Crippen LogP contribution >= 0.6 is 0 Å². The Morgan fingerprint density at radius 3 is 2.39 bits per heavy atom. The predicted molar refractivity (Wildman–Crippen MR) is 133 cm³/mol. The van der Waals surface area contributed by atoms with Crippen LogP contribution in [0.1, 0.15) is 10.4 Å². The molecule has 1 amide bonds. The van der Waals surface area contributed by atoms with Gasteiger partial charge in [0.15, 0.2) is 5.75 Å². The van der Waals surface area contributed by atoms with Crippen LogP contribution in [-0.4, -0.2) is 34.0 Å². The van der Waals surface area contributed by atoms with Crippen molar-refractivity contribution in [2.75, 3.05) is 5.32 Å². The second-order valence-electron chi connectivity index (χ2n) is 7.81. The highest BCUT2D eigenvalue weighted by Crippen LogP contribution is 2.42. The maximum absolute atomic E-state index is 12.5. The van der Waals surface area contributed by atoms with E-state index in [4.69, 9.17) is 0 Å². The van der Waals surface area contributed by atoms with Crippen molar-refractivity contribution in [3.05, 3.63) is 88.8 Å². The topological polar surface area (TPSA) is 177 Å². The highest BCUT2D eigenvalue weighted by molar-refractivity contribution is 7.86. The van der Waals surface area contributed by atoms with E-state index in [0.29, 0.717) is 22.3 Å². The van der Waals surface area contributed by atoms with Gasteiger partial charge in [0, 0.05) is 16.6 Å². The van der Waals surface area contributed by atoms with E-state index in [1.54, 1.807) is 36.4 Å². The van der Waals surface area contributed by atoms with Crippen LogP contribution in [0.4, 0.5) is 17.1 Å². The van der Waals surface area contributed by atoms with Gasteiger partial charge in [-0.2, -0.15) is 13.5 Å². The lowest BCUT2D eigenvalue weighted by molar-refractivity contribution is 0.102. The van der Waals surface area contributed by atoms with Gasteiger partial charge in [-0.3, -0.25) is 9.35 Å². The Bertz CT molecular complexity index is 1840. The fourth-order valence-electron chi connectivity index (χ4n) is 3.71. The van der Waals surface area contributed by atoms with E-state index in [2.05, 4.69) is 25.5 Å². The Balaban J connectivity index is 1.55. The number of aromatic hydroxyl groups is 1. The lowest BCUT2D eigenvalue weighted by Gasteiger charge is -2.11. The normalized spacial score (nSPS) is 11.9. The van der Waals surface area contributed by atoms with Crippen molar-refractivity contribution in [1.82, 2.24) is 9.97 Å². The summed E-state index contributed by atoms with van der Waals surface area (Å²) in [6.45, 7) is 0. The number of benzene rings is 4. The number of carbonyl (C=O) groups excluding carboxylic acids is 1. The number of H-pyrrole nitrogens is 2. The second-order valence-corrected chi connectivity index (χ2v) is 9.20. The minimum atomic E-state index is -4.82. The Kier molecular flexibility index (Phi) is 5.59. The van der Waals surface area contributed by atoms with Crippen molar-refractivity contribution in [2.45, 2.75) is 4.90 Å². The number of phenols is 1. The van der Waals surface area contributed by atoms with Gasteiger partial charge in [0.2, 0.25) is 0 Å². The third kappa shape index (κ3) is 4.45. The van der Waals surface area contributed by atoms with Gasteiger partial charge < -0.3 is 20.4 Å². The molecular weight excluding hydrogens is 486 g/mol. The molecule has 0 aliphatic heterocycles. The highest BCUT2D eigenvalue weighted by Gasteiger charge is 2.22. The number of aromatic nitrogens is 2. The monoisotopic (exact) mass is 503 g/mol. The van der Waals surface area contributed by atoms with Crippen molar-refractivity contribution in [2.24, 2.45) is 10.2 Å². The number of rotatable bonds is 5. The van der Waals surface area contributed by atoms with E-state index < -0.39 is 32.1 Å². The van der Waals surface area contributed by atoms with Crippen LogP contribution in [0, 0.1) is 0 Å². The van der Waals surface area contributed by atoms with Gasteiger partial charge in [0.1, 0.15) is 10.6 Å².